The minimum atomic E-state index is -0.684. The topological polar surface area (TPSA) is 70.6 Å². The van der Waals surface area contributed by atoms with Gasteiger partial charge < -0.3 is 20.5 Å². The highest BCUT2D eigenvalue weighted by atomic mass is 32.1. The summed E-state index contributed by atoms with van der Waals surface area (Å²) in [7, 11) is 0. The number of anilines is 1. The van der Waals surface area contributed by atoms with Gasteiger partial charge in [0.15, 0.2) is 0 Å². The lowest BCUT2D eigenvalue weighted by Gasteiger charge is -2.11. The standard InChI is InChI=1S/C15H18N2O3S/c1-2-20-12-7-5-11(6-8-12)17-15(19)16-10-13(18)14-4-3-9-21-14/h3-9,13,18H,2,10H2,1H3,(H2,16,17,19). The normalized spacial score (nSPS) is 11.7. The molecule has 5 nitrogen and oxygen atoms in total. The summed E-state index contributed by atoms with van der Waals surface area (Å²) < 4.78 is 5.33. The molecule has 2 aromatic rings. The van der Waals surface area contributed by atoms with Crippen molar-refractivity contribution < 1.29 is 14.6 Å². The lowest BCUT2D eigenvalue weighted by Crippen LogP contribution is -2.32. The predicted molar refractivity (Wildman–Crippen MR) is 83.9 cm³/mol. The molecule has 1 aromatic heterocycles. The van der Waals surface area contributed by atoms with E-state index in [0.717, 1.165) is 10.6 Å². The summed E-state index contributed by atoms with van der Waals surface area (Å²) >= 11 is 1.46. The summed E-state index contributed by atoms with van der Waals surface area (Å²) in [5, 5.41) is 17.1. The van der Waals surface area contributed by atoms with Gasteiger partial charge in [-0.2, -0.15) is 0 Å². The number of ether oxygens (including phenoxy) is 1. The lowest BCUT2D eigenvalue weighted by molar-refractivity contribution is 0.178. The number of aliphatic hydroxyl groups excluding tert-OH is 1. The molecular weight excluding hydrogens is 288 g/mol. The van der Waals surface area contributed by atoms with Crippen LogP contribution in [0.25, 0.3) is 0 Å². The molecule has 0 aliphatic heterocycles. The molecule has 0 saturated carbocycles. The van der Waals surface area contributed by atoms with Crippen molar-refractivity contribution in [3.63, 3.8) is 0 Å². The second-order valence-electron chi connectivity index (χ2n) is 4.32. The maximum Gasteiger partial charge on any atom is 0.319 e. The Balaban J connectivity index is 1.78. The van der Waals surface area contributed by atoms with Crippen molar-refractivity contribution in [1.29, 1.82) is 0 Å². The van der Waals surface area contributed by atoms with Crippen LogP contribution in [0.2, 0.25) is 0 Å². The monoisotopic (exact) mass is 306 g/mol. The van der Waals surface area contributed by atoms with Crippen molar-refractivity contribution in [2.45, 2.75) is 13.0 Å². The SMILES string of the molecule is CCOc1ccc(NC(=O)NCC(O)c2cccs2)cc1. The number of hydrogen-bond donors (Lipinski definition) is 3. The van der Waals surface area contributed by atoms with Crippen LogP contribution < -0.4 is 15.4 Å². The van der Waals surface area contributed by atoms with E-state index >= 15 is 0 Å². The summed E-state index contributed by atoms with van der Waals surface area (Å²) in [5.41, 5.74) is 0.668. The van der Waals surface area contributed by atoms with E-state index in [0.29, 0.717) is 12.3 Å². The minimum Gasteiger partial charge on any atom is -0.494 e. The second kappa shape index (κ2) is 7.66. The van der Waals surface area contributed by atoms with Crippen molar-refractivity contribution in [2.24, 2.45) is 0 Å². The van der Waals surface area contributed by atoms with Crippen LogP contribution in [0.5, 0.6) is 5.75 Å². The summed E-state index contributed by atoms with van der Waals surface area (Å²) in [6.45, 7) is 2.69. The van der Waals surface area contributed by atoms with Crippen LogP contribution in [0, 0.1) is 0 Å². The lowest BCUT2D eigenvalue weighted by atomic mass is 10.3. The smallest absolute Gasteiger partial charge is 0.319 e. The molecule has 2 amide bonds. The number of urea groups is 1. The number of rotatable bonds is 6. The molecule has 1 unspecified atom stereocenters. The van der Waals surface area contributed by atoms with E-state index in [9.17, 15) is 9.90 Å². The Bertz CT molecular complexity index is 555. The van der Waals surface area contributed by atoms with E-state index in [1.54, 1.807) is 24.3 Å². The Morgan fingerprint density at radius 2 is 2.10 bits per heavy atom. The highest BCUT2D eigenvalue weighted by molar-refractivity contribution is 7.10. The van der Waals surface area contributed by atoms with Gasteiger partial charge in [-0.3, -0.25) is 0 Å². The van der Waals surface area contributed by atoms with Crippen LogP contribution in [-0.2, 0) is 0 Å². The predicted octanol–water partition coefficient (Wildman–Crippen LogP) is 3.00. The zero-order valence-corrected chi connectivity index (χ0v) is 12.5. The van der Waals surface area contributed by atoms with Crippen molar-refractivity contribution in [2.75, 3.05) is 18.5 Å². The molecule has 2 rings (SSSR count). The summed E-state index contributed by atoms with van der Waals surface area (Å²) in [4.78, 5) is 12.6. The quantitative estimate of drug-likeness (QED) is 0.768. The summed E-state index contributed by atoms with van der Waals surface area (Å²) in [6.07, 6.45) is -0.684. The first-order valence-electron chi connectivity index (χ1n) is 6.68. The molecule has 112 valence electrons. The van der Waals surface area contributed by atoms with Crippen LogP contribution in [0.3, 0.4) is 0 Å². The van der Waals surface area contributed by atoms with Gasteiger partial charge in [-0.05, 0) is 42.6 Å². The van der Waals surface area contributed by atoms with Crippen molar-refractivity contribution in [3.8, 4) is 5.75 Å². The average molecular weight is 306 g/mol. The Morgan fingerprint density at radius 3 is 2.71 bits per heavy atom. The Kier molecular flexibility index (Phi) is 5.59. The summed E-state index contributed by atoms with van der Waals surface area (Å²) in [5.74, 6) is 0.761. The number of amides is 2. The third-order valence-electron chi connectivity index (χ3n) is 2.75. The van der Waals surface area contributed by atoms with Crippen LogP contribution >= 0.6 is 11.3 Å². The Morgan fingerprint density at radius 1 is 1.33 bits per heavy atom. The van der Waals surface area contributed by atoms with Gasteiger partial charge in [-0.1, -0.05) is 6.07 Å². The Labute approximate surface area is 127 Å². The van der Waals surface area contributed by atoms with Crippen LogP contribution in [0.4, 0.5) is 10.5 Å². The van der Waals surface area contributed by atoms with Gasteiger partial charge in [-0.25, -0.2) is 4.79 Å². The fraction of sp³-hybridized carbons (Fsp3) is 0.267. The number of nitrogens with one attached hydrogen (secondary N) is 2. The molecule has 21 heavy (non-hydrogen) atoms. The largest absolute Gasteiger partial charge is 0.494 e. The number of benzene rings is 1. The molecule has 0 bridgehead atoms. The zero-order chi connectivity index (χ0) is 15.1. The molecule has 3 N–H and O–H groups in total. The third kappa shape index (κ3) is 4.77. The first kappa shape index (κ1) is 15.3. The van der Waals surface area contributed by atoms with E-state index < -0.39 is 6.10 Å². The third-order valence-corrected chi connectivity index (χ3v) is 3.72. The number of hydrogen-bond acceptors (Lipinski definition) is 4. The van der Waals surface area contributed by atoms with Crippen LogP contribution in [0.1, 0.15) is 17.9 Å². The fourth-order valence-electron chi connectivity index (χ4n) is 1.75. The van der Waals surface area contributed by atoms with Gasteiger partial charge in [0, 0.05) is 10.6 Å². The van der Waals surface area contributed by atoms with E-state index in [1.807, 2.05) is 24.4 Å². The Hall–Kier alpha value is -2.05. The molecule has 0 aliphatic rings. The molecular formula is C15H18N2O3S. The van der Waals surface area contributed by atoms with Crippen molar-refractivity contribution in [3.05, 3.63) is 46.7 Å². The van der Waals surface area contributed by atoms with Gasteiger partial charge >= 0.3 is 6.03 Å². The molecule has 0 spiro atoms. The van der Waals surface area contributed by atoms with E-state index in [2.05, 4.69) is 10.6 Å². The van der Waals surface area contributed by atoms with Gasteiger partial charge in [0.1, 0.15) is 11.9 Å². The van der Waals surface area contributed by atoms with Crippen LogP contribution in [-0.4, -0.2) is 24.3 Å². The molecule has 1 heterocycles. The molecule has 0 saturated heterocycles. The number of carbonyl (C=O) groups is 1. The first-order chi connectivity index (χ1) is 10.2. The molecule has 1 aromatic carbocycles. The van der Waals surface area contributed by atoms with Gasteiger partial charge in [-0.15, -0.1) is 11.3 Å². The molecule has 0 fully saturated rings. The first-order valence-corrected chi connectivity index (χ1v) is 7.56. The molecule has 6 heteroatoms. The molecule has 0 radical (unpaired) electrons. The zero-order valence-electron chi connectivity index (χ0n) is 11.7. The van der Waals surface area contributed by atoms with Crippen LogP contribution in [0.15, 0.2) is 41.8 Å². The fourth-order valence-corrected chi connectivity index (χ4v) is 2.46. The van der Waals surface area contributed by atoms with Crippen molar-refractivity contribution >= 4 is 23.1 Å². The van der Waals surface area contributed by atoms with Gasteiger partial charge in [0.2, 0.25) is 0 Å². The van der Waals surface area contributed by atoms with E-state index in [4.69, 9.17) is 4.74 Å². The minimum absolute atomic E-state index is 0.170. The van der Waals surface area contributed by atoms with Gasteiger partial charge in [0.05, 0.1) is 13.2 Å². The molecule has 1 atom stereocenters. The van der Waals surface area contributed by atoms with Crippen molar-refractivity contribution in [1.82, 2.24) is 5.32 Å². The van der Waals surface area contributed by atoms with Gasteiger partial charge in [0.25, 0.3) is 0 Å². The molecule has 0 aliphatic carbocycles. The highest BCUT2D eigenvalue weighted by Gasteiger charge is 2.10. The maximum absolute atomic E-state index is 11.7. The number of carbonyl (C=O) groups excluding carboxylic acids is 1. The average Bonchev–Trinajstić information content (AvgIpc) is 3.01. The maximum atomic E-state index is 11.7. The second-order valence-corrected chi connectivity index (χ2v) is 5.30. The van der Waals surface area contributed by atoms with E-state index in [1.165, 1.54) is 11.3 Å². The number of aliphatic hydroxyl groups is 1. The number of thiophene rings is 1. The highest BCUT2D eigenvalue weighted by Crippen LogP contribution is 2.18. The summed E-state index contributed by atoms with van der Waals surface area (Å²) in [6, 6.07) is 10.5. The van der Waals surface area contributed by atoms with E-state index in [-0.39, 0.29) is 12.6 Å².